The minimum Gasteiger partial charge on any atom is -0.423 e. The van der Waals surface area contributed by atoms with Crippen molar-refractivity contribution in [3.05, 3.63) is 12.4 Å². The van der Waals surface area contributed by atoms with E-state index in [1.54, 1.807) is 24.9 Å². The number of hydrogen-bond donors (Lipinski definition) is 0. The van der Waals surface area contributed by atoms with E-state index in [0.29, 0.717) is 12.2 Å². The number of aromatic nitrogens is 2. The third-order valence-electron chi connectivity index (χ3n) is 1.20. The first kappa shape index (κ1) is 7.78. The van der Waals surface area contributed by atoms with Crippen LogP contribution in [0.15, 0.2) is 12.4 Å². The largest absolute Gasteiger partial charge is 0.423 e. The van der Waals surface area contributed by atoms with Crippen LogP contribution < -0.4 is 4.74 Å². The van der Waals surface area contributed by atoms with Gasteiger partial charge in [-0.1, -0.05) is 6.92 Å². The van der Waals surface area contributed by atoms with Crippen LogP contribution >= 0.6 is 0 Å². The molecular weight excluding hydrogens is 144 g/mol. The van der Waals surface area contributed by atoms with Gasteiger partial charge in [0.15, 0.2) is 5.75 Å². The van der Waals surface area contributed by atoms with E-state index in [1.807, 2.05) is 0 Å². The average Bonchev–Trinajstić information content (AvgIpc) is 2.35. The molecule has 0 saturated carbocycles. The van der Waals surface area contributed by atoms with Crippen LogP contribution in [0.4, 0.5) is 0 Å². The molecule has 4 nitrogen and oxygen atoms in total. The van der Waals surface area contributed by atoms with Gasteiger partial charge >= 0.3 is 5.97 Å². The molecule has 0 radical (unpaired) electrons. The highest BCUT2D eigenvalue weighted by Gasteiger charge is 2.01. The van der Waals surface area contributed by atoms with Crippen molar-refractivity contribution < 1.29 is 9.53 Å². The molecule has 1 rings (SSSR count). The zero-order valence-corrected chi connectivity index (χ0v) is 6.57. The number of nitrogens with zero attached hydrogens (tertiary/aromatic N) is 2. The lowest BCUT2D eigenvalue weighted by molar-refractivity contribution is -0.134. The summed E-state index contributed by atoms with van der Waals surface area (Å²) in [6.07, 6.45) is 3.54. The fourth-order valence-corrected chi connectivity index (χ4v) is 0.655. The van der Waals surface area contributed by atoms with Crippen molar-refractivity contribution in [1.29, 1.82) is 0 Å². The predicted molar refractivity (Wildman–Crippen MR) is 39.1 cm³/mol. The van der Waals surface area contributed by atoms with E-state index in [1.165, 1.54) is 6.20 Å². The van der Waals surface area contributed by atoms with Gasteiger partial charge in [0.05, 0.1) is 12.4 Å². The normalized spacial score (nSPS) is 9.64. The maximum absolute atomic E-state index is 10.7. The first-order valence-corrected chi connectivity index (χ1v) is 3.41. The Labute approximate surface area is 64.8 Å². The molecule has 0 amide bonds. The molecule has 0 N–H and O–H groups in total. The molecule has 0 bridgehead atoms. The highest BCUT2D eigenvalue weighted by molar-refractivity contribution is 5.71. The summed E-state index contributed by atoms with van der Waals surface area (Å²) in [5.74, 6) is 0.261. The van der Waals surface area contributed by atoms with E-state index in [4.69, 9.17) is 4.74 Å². The van der Waals surface area contributed by atoms with Crippen LogP contribution in [-0.4, -0.2) is 15.7 Å². The van der Waals surface area contributed by atoms with Crippen LogP contribution in [0.3, 0.4) is 0 Å². The van der Waals surface area contributed by atoms with Gasteiger partial charge < -0.3 is 4.74 Å². The fraction of sp³-hybridized carbons (Fsp3) is 0.429. The molecule has 0 saturated heterocycles. The molecular formula is C7H10N2O2. The zero-order valence-electron chi connectivity index (χ0n) is 6.57. The molecule has 4 heteroatoms. The van der Waals surface area contributed by atoms with Gasteiger partial charge in [-0.05, 0) is 0 Å². The van der Waals surface area contributed by atoms with Crippen LogP contribution in [0.25, 0.3) is 0 Å². The number of esters is 1. The molecule has 0 atom stereocenters. The Morgan fingerprint density at radius 1 is 1.82 bits per heavy atom. The van der Waals surface area contributed by atoms with Crippen molar-refractivity contribution in [1.82, 2.24) is 9.78 Å². The minimum absolute atomic E-state index is 0.238. The van der Waals surface area contributed by atoms with E-state index in [9.17, 15) is 4.79 Å². The maximum atomic E-state index is 10.7. The highest BCUT2D eigenvalue weighted by Crippen LogP contribution is 2.07. The van der Waals surface area contributed by atoms with Gasteiger partial charge in [0, 0.05) is 13.5 Å². The molecule has 0 fully saturated rings. The monoisotopic (exact) mass is 154 g/mol. The molecule has 0 aliphatic rings. The lowest BCUT2D eigenvalue weighted by Crippen LogP contribution is -2.04. The maximum Gasteiger partial charge on any atom is 0.311 e. The van der Waals surface area contributed by atoms with Crippen molar-refractivity contribution in [2.45, 2.75) is 13.3 Å². The Balaban J connectivity index is 2.57. The lowest BCUT2D eigenvalue weighted by Gasteiger charge is -1.95. The zero-order chi connectivity index (χ0) is 8.27. The molecule has 0 aliphatic carbocycles. The van der Waals surface area contributed by atoms with Crippen molar-refractivity contribution in [3.63, 3.8) is 0 Å². The summed E-state index contributed by atoms with van der Waals surface area (Å²) in [4.78, 5) is 10.7. The van der Waals surface area contributed by atoms with Gasteiger partial charge in [-0.3, -0.25) is 9.48 Å². The third kappa shape index (κ3) is 2.07. The summed E-state index contributed by atoms with van der Waals surface area (Å²) in [7, 11) is 1.77. The van der Waals surface area contributed by atoms with Gasteiger partial charge in [-0.25, -0.2) is 0 Å². The summed E-state index contributed by atoms with van der Waals surface area (Å²) in [6.45, 7) is 1.75. The van der Waals surface area contributed by atoms with Crippen molar-refractivity contribution in [2.24, 2.45) is 7.05 Å². The van der Waals surface area contributed by atoms with Crippen LogP contribution in [-0.2, 0) is 11.8 Å². The lowest BCUT2D eigenvalue weighted by atomic mass is 10.5. The molecule has 0 unspecified atom stereocenters. The summed E-state index contributed by atoms with van der Waals surface area (Å²) in [5.41, 5.74) is 0. The van der Waals surface area contributed by atoms with Crippen LogP contribution in [0.2, 0.25) is 0 Å². The second-order valence-electron chi connectivity index (χ2n) is 2.18. The smallest absolute Gasteiger partial charge is 0.311 e. The summed E-state index contributed by atoms with van der Waals surface area (Å²) in [5, 5.41) is 3.84. The second-order valence-corrected chi connectivity index (χ2v) is 2.18. The van der Waals surface area contributed by atoms with Crippen molar-refractivity contribution in [3.8, 4) is 5.75 Å². The van der Waals surface area contributed by atoms with E-state index in [2.05, 4.69) is 5.10 Å². The number of ether oxygens (including phenoxy) is 1. The SMILES string of the molecule is CCC(=O)Oc1cnn(C)c1. The third-order valence-corrected chi connectivity index (χ3v) is 1.20. The molecule has 11 heavy (non-hydrogen) atoms. The molecule has 0 aromatic carbocycles. The summed E-state index contributed by atoms with van der Waals surface area (Å²) < 4.78 is 6.44. The Morgan fingerprint density at radius 2 is 2.55 bits per heavy atom. The summed E-state index contributed by atoms with van der Waals surface area (Å²) in [6, 6.07) is 0. The molecule has 1 heterocycles. The number of aryl methyl sites for hydroxylation is 1. The Morgan fingerprint density at radius 3 is 3.00 bits per heavy atom. The highest BCUT2D eigenvalue weighted by atomic mass is 16.5. The van der Waals surface area contributed by atoms with Crippen LogP contribution in [0.1, 0.15) is 13.3 Å². The number of carbonyl (C=O) groups is 1. The first-order chi connectivity index (χ1) is 5.22. The average molecular weight is 154 g/mol. The quantitative estimate of drug-likeness (QED) is 0.590. The van der Waals surface area contributed by atoms with E-state index < -0.39 is 0 Å². The van der Waals surface area contributed by atoms with E-state index in [-0.39, 0.29) is 5.97 Å². The van der Waals surface area contributed by atoms with Gasteiger partial charge in [0.25, 0.3) is 0 Å². The Bertz CT molecular complexity index is 255. The van der Waals surface area contributed by atoms with Crippen molar-refractivity contribution in [2.75, 3.05) is 0 Å². The van der Waals surface area contributed by atoms with E-state index >= 15 is 0 Å². The second kappa shape index (κ2) is 3.18. The Kier molecular flexibility index (Phi) is 2.25. The molecule has 1 aromatic rings. The topological polar surface area (TPSA) is 44.1 Å². The number of carbonyl (C=O) groups excluding carboxylic acids is 1. The van der Waals surface area contributed by atoms with Gasteiger partial charge in [0.1, 0.15) is 0 Å². The predicted octanol–water partition coefficient (Wildman–Crippen LogP) is 0.735. The molecule has 0 aliphatic heterocycles. The number of rotatable bonds is 2. The van der Waals surface area contributed by atoms with E-state index in [0.717, 1.165) is 0 Å². The summed E-state index contributed by atoms with van der Waals surface area (Å²) >= 11 is 0. The Hall–Kier alpha value is -1.32. The fourth-order valence-electron chi connectivity index (χ4n) is 0.655. The molecule has 60 valence electrons. The van der Waals surface area contributed by atoms with Crippen molar-refractivity contribution >= 4 is 5.97 Å². The van der Waals surface area contributed by atoms with Crippen LogP contribution in [0.5, 0.6) is 5.75 Å². The standard InChI is InChI=1S/C7H10N2O2/c1-3-7(10)11-6-4-8-9(2)5-6/h4-5H,3H2,1-2H3. The van der Waals surface area contributed by atoms with Gasteiger partial charge in [-0.2, -0.15) is 5.10 Å². The minimum atomic E-state index is -0.238. The molecule has 0 spiro atoms. The first-order valence-electron chi connectivity index (χ1n) is 3.41. The number of hydrogen-bond acceptors (Lipinski definition) is 3. The van der Waals surface area contributed by atoms with Gasteiger partial charge in [0.2, 0.25) is 0 Å². The van der Waals surface area contributed by atoms with Crippen LogP contribution in [0, 0.1) is 0 Å². The van der Waals surface area contributed by atoms with Gasteiger partial charge in [-0.15, -0.1) is 0 Å². The molecule has 1 aromatic heterocycles.